The van der Waals surface area contributed by atoms with Crippen LogP contribution >= 0.6 is 0 Å². The number of hydrogen-bond acceptors (Lipinski definition) is 4. The predicted molar refractivity (Wildman–Crippen MR) is 74.1 cm³/mol. The Morgan fingerprint density at radius 1 is 1.26 bits per heavy atom. The van der Waals surface area contributed by atoms with E-state index in [1.165, 1.54) is 0 Å². The number of ether oxygens (including phenoxy) is 1. The zero-order valence-electron chi connectivity index (χ0n) is 11.0. The zero-order chi connectivity index (χ0) is 13.7. The van der Waals surface area contributed by atoms with E-state index in [0.29, 0.717) is 12.2 Å². The van der Waals surface area contributed by atoms with Gasteiger partial charge in [0.2, 0.25) is 0 Å². The van der Waals surface area contributed by atoms with Gasteiger partial charge in [0.05, 0.1) is 12.8 Å². The molecule has 0 bridgehead atoms. The van der Waals surface area contributed by atoms with Crippen molar-refractivity contribution < 1.29 is 4.74 Å². The molecule has 1 aromatic heterocycles. The van der Waals surface area contributed by atoms with E-state index in [4.69, 9.17) is 10.00 Å². The predicted octanol–water partition coefficient (Wildman–Crippen LogP) is 2.60. The monoisotopic (exact) mass is 253 g/mol. The average Bonchev–Trinajstić information content (AvgIpc) is 2.48. The average molecular weight is 253 g/mol. The summed E-state index contributed by atoms with van der Waals surface area (Å²) >= 11 is 0. The lowest BCUT2D eigenvalue weighted by molar-refractivity contribution is 0.414. The quantitative estimate of drug-likeness (QED) is 0.840. The first-order valence-electron chi connectivity index (χ1n) is 5.94. The fourth-order valence-corrected chi connectivity index (χ4v) is 1.88. The van der Waals surface area contributed by atoms with Gasteiger partial charge >= 0.3 is 0 Å². The van der Waals surface area contributed by atoms with Gasteiger partial charge in [0.15, 0.2) is 5.69 Å². The Hall–Kier alpha value is -2.54. The Morgan fingerprint density at radius 3 is 2.63 bits per heavy atom. The van der Waals surface area contributed by atoms with Crippen LogP contribution in [0.5, 0.6) is 5.75 Å². The maximum absolute atomic E-state index is 9.05. The summed E-state index contributed by atoms with van der Waals surface area (Å²) in [5, 5.41) is 9.05. The first-order chi connectivity index (χ1) is 9.24. The fourth-order valence-electron chi connectivity index (χ4n) is 1.88. The molecule has 2 rings (SSSR count). The highest BCUT2D eigenvalue weighted by atomic mass is 16.5. The highest BCUT2D eigenvalue weighted by molar-refractivity contribution is 5.55. The lowest BCUT2D eigenvalue weighted by atomic mass is 10.2. The van der Waals surface area contributed by atoms with E-state index in [1.807, 2.05) is 48.3 Å². The second-order valence-corrected chi connectivity index (χ2v) is 4.19. The van der Waals surface area contributed by atoms with Crippen molar-refractivity contribution in [3.8, 4) is 11.8 Å². The molecule has 4 heteroatoms. The normalized spacial score (nSPS) is 9.74. The third-order valence-corrected chi connectivity index (χ3v) is 2.88. The van der Waals surface area contributed by atoms with Gasteiger partial charge in [-0.1, -0.05) is 12.1 Å². The number of nitrogens with zero attached hydrogens (tertiary/aromatic N) is 3. The SMILES string of the molecule is COc1ccc(CN(C)c2cccnc2C#N)cc1. The van der Waals surface area contributed by atoms with Gasteiger partial charge in [-0.15, -0.1) is 0 Å². The summed E-state index contributed by atoms with van der Waals surface area (Å²) in [5.41, 5.74) is 2.43. The molecule has 0 aliphatic rings. The molecular formula is C15H15N3O. The van der Waals surface area contributed by atoms with Crippen molar-refractivity contribution in [2.75, 3.05) is 19.1 Å². The lowest BCUT2D eigenvalue weighted by Crippen LogP contribution is -2.17. The smallest absolute Gasteiger partial charge is 0.163 e. The molecule has 19 heavy (non-hydrogen) atoms. The van der Waals surface area contributed by atoms with Gasteiger partial charge in [-0.25, -0.2) is 4.98 Å². The van der Waals surface area contributed by atoms with Gasteiger partial charge in [-0.3, -0.25) is 0 Å². The molecule has 2 aromatic rings. The van der Waals surface area contributed by atoms with Gasteiger partial charge < -0.3 is 9.64 Å². The number of pyridine rings is 1. The van der Waals surface area contributed by atoms with Gasteiger partial charge in [0, 0.05) is 19.8 Å². The van der Waals surface area contributed by atoms with E-state index >= 15 is 0 Å². The number of anilines is 1. The van der Waals surface area contributed by atoms with Gasteiger partial charge in [0.1, 0.15) is 11.8 Å². The second kappa shape index (κ2) is 5.87. The Kier molecular flexibility index (Phi) is 3.99. The molecule has 0 saturated heterocycles. The molecule has 0 aliphatic carbocycles. The number of rotatable bonds is 4. The van der Waals surface area contributed by atoms with E-state index in [9.17, 15) is 0 Å². The molecule has 0 aliphatic heterocycles. The van der Waals surface area contributed by atoms with E-state index < -0.39 is 0 Å². The summed E-state index contributed by atoms with van der Waals surface area (Å²) in [7, 11) is 3.60. The largest absolute Gasteiger partial charge is 0.497 e. The second-order valence-electron chi connectivity index (χ2n) is 4.19. The van der Waals surface area contributed by atoms with E-state index in [1.54, 1.807) is 13.3 Å². The van der Waals surface area contributed by atoms with Crippen LogP contribution in [0.1, 0.15) is 11.3 Å². The molecule has 1 heterocycles. The molecule has 4 nitrogen and oxygen atoms in total. The third-order valence-electron chi connectivity index (χ3n) is 2.88. The molecule has 0 saturated carbocycles. The van der Waals surface area contributed by atoms with Crippen LogP contribution in [0.4, 0.5) is 5.69 Å². The maximum Gasteiger partial charge on any atom is 0.163 e. The van der Waals surface area contributed by atoms with Crippen molar-refractivity contribution in [3.05, 3.63) is 53.9 Å². The molecular weight excluding hydrogens is 238 g/mol. The van der Waals surface area contributed by atoms with Crippen molar-refractivity contribution in [1.29, 1.82) is 5.26 Å². The van der Waals surface area contributed by atoms with Crippen LogP contribution in [0.2, 0.25) is 0 Å². The molecule has 0 fully saturated rings. The minimum Gasteiger partial charge on any atom is -0.497 e. The maximum atomic E-state index is 9.05. The van der Waals surface area contributed by atoms with Crippen LogP contribution in [0.25, 0.3) is 0 Å². The zero-order valence-corrected chi connectivity index (χ0v) is 11.0. The first kappa shape index (κ1) is 12.9. The van der Waals surface area contributed by atoms with Crippen LogP contribution in [0, 0.1) is 11.3 Å². The summed E-state index contributed by atoms with van der Waals surface area (Å²) in [6.07, 6.45) is 1.63. The van der Waals surface area contributed by atoms with E-state index in [2.05, 4.69) is 11.1 Å². The summed E-state index contributed by atoms with van der Waals surface area (Å²) in [5.74, 6) is 0.838. The molecule has 0 atom stereocenters. The molecule has 0 N–H and O–H groups in total. The lowest BCUT2D eigenvalue weighted by Gasteiger charge is -2.20. The van der Waals surface area contributed by atoms with E-state index in [0.717, 1.165) is 17.0 Å². The molecule has 0 radical (unpaired) electrons. The number of nitriles is 1. The molecule has 96 valence electrons. The summed E-state index contributed by atoms with van der Waals surface area (Å²) in [6, 6.07) is 13.7. The van der Waals surface area contributed by atoms with Crippen LogP contribution < -0.4 is 9.64 Å². The summed E-state index contributed by atoms with van der Waals surface area (Å²) < 4.78 is 5.13. The fraction of sp³-hybridized carbons (Fsp3) is 0.200. The highest BCUT2D eigenvalue weighted by Gasteiger charge is 2.08. The highest BCUT2D eigenvalue weighted by Crippen LogP contribution is 2.19. The summed E-state index contributed by atoms with van der Waals surface area (Å²) in [6.45, 7) is 0.713. The van der Waals surface area contributed by atoms with E-state index in [-0.39, 0.29) is 0 Å². The van der Waals surface area contributed by atoms with Crippen LogP contribution in [0.3, 0.4) is 0 Å². The number of benzene rings is 1. The number of aromatic nitrogens is 1. The minimum atomic E-state index is 0.443. The van der Waals surface area contributed by atoms with Crippen molar-refractivity contribution >= 4 is 5.69 Å². The van der Waals surface area contributed by atoms with Gasteiger partial charge in [-0.05, 0) is 29.8 Å². The number of methoxy groups -OCH3 is 1. The Labute approximate surface area is 112 Å². The van der Waals surface area contributed by atoms with Crippen molar-refractivity contribution in [3.63, 3.8) is 0 Å². The van der Waals surface area contributed by atoms with Gasteiger partial charge in [-0.2, -0.15) is 5.26 Å². The third kappa shape index (κ3) is 3.02. The Balaban J connectivity index is 2.16. The van der Waals surface area contributed by atoms with Crippen molar-refractivity contribution in [2.24, 2.45) is 0 Å². The Morgan fingerprint density at radius 2 is 2.00 bits per heavy atom. The topological polar surface area (TPSA) is 49.1 Å². The van der Waals surface area contributed by atoms with Gasteiger partial charge in [0.25, 0.3) is 0 Å². The first-order valence-corrected chi connectivity index (χ1v) is 5.94. The number of hydrogen-bond donors (Lipinski definition) is 0. The minimum absolute atomic E-state index is 0.443. The van der Waals surface area contributed by atoms with Crippen LogP contribution in [-0.4, -0.2) is 19.1 Å². The van der Waals surface area contributed by atoms with Crippen molar-refractivity contribution in [1.82, 2.24) is 4.98 Å². The molecule has 0 unspecified atom stereocenters. The standard InChI is InChI=1S/C15H15N3O/c1-18(15-4-3-9-17-14(15)10-16)11-12-5-7-13(19-2)8-6-12/h3-9H,11H2,1-2H3. The molecule has 0 amide bonds. The summed E-state index contributed by atoms with van der Waals surface area (Å²) in [4.78, 5) is 6.07. The van der Waals surface area contributed by atoms with Crippen LogP contribution in [-0.2, 0) is 6.54 Å². The van der Waals surface area contributed by atoms with Crippen LogP contribution in [0.15, 0.2) is 42.6 Å². The Bertz CT molecular complexity index is 587. The molecule has 0 spiro atoms. The van der Waals surface area contributed by atoms with Crippen molar-refractivity contribution in [2.45, 2.75) is 6.54 Å². The molecule has 1 aromatic carbocycles.